The molecule has 1 aromatic heterocycles. The standard InChI is InChI=1S/C11H9Cl2N5O/c12-8-3-7(4-9(13)5-8)1-2-11(19)14-6-10-15-17-18-16-10/h1-5H,6H2,(H,14,19)(H,15,16,17,18). The zero-order chi connectivity index (χ0) is 13.7. The van der Waals surface area contributed by atoms with Gasteiger partial charge in [0.05, 0.1) is 6.54 Å². The van der Waals surface area contributed by atoms with Crippen LogP contribution < -0.4 is 5.32 Å². The summed E-state index contributed by atoms with van der Waals surface area (Å²) in [5.41, 5.74) is 0.743. The Balaban J connectivity index is 1.92. The normalized spacial score (nSPS) is 10.8. The molecule has 0 bridgehead atoms. The maximum atomic E-state index is 11.5. The molecule has 1 aromatic carbocycles. The second-order valence-corrected chi connectivity index (χ2v) is 4.45. The molecular formula is C11H9Cl2N5O. The van der Waals surface area contributed by atoms with Gasteiger partial charge < -0.3 is 5.32 Å². The fraction of sp³-hybridized carbons (Fsp3) is 0.0909. The topological polar surface area (TPSA) is 83.6 Å². The van der Waals surface area contributed by atoms with Gasteiger partial charge in [-0.1, -0.05) is 28.4 Å². The van der Waals surface area contributed by atoms with Crippen LogP contribution in [0.3, 0.4) is 0 Å². The van der Waals surface area contributed by atoms with Crippen molar-refractivity contribution in [3.05, 3.63) is 45.7 Å². The third-order valence-corrected chi connectivity index (χ3v) is 2.56. The van der Waals surface area contributed by atoms with E-state index in [0.717, 1.165) is 5.56 Å². The predicted molar refractivity (Wildman–Crippen MR) is 71.5 cm³/mol. The predicted octanol–water partition coefficient (Wildman–Crippen LogP) is 1.84. The Morgan fingerprint density at radius 2 is 2.05 bits per heavy atom. The quantitative estimate of drug-likeness (QED) is 0.844. The number of nitrogens with one attached hydrogen (secondary N) is 2. The van der Waals surface area contributed by atoms with Gasteiger partial charge in [0, 0.05) is 16.1 Å². The van der Waals surface area contributed by atoms with Crippen molar-refractivity contribution in [1.82, 2.24) is 25.9 Å². The summed E-state index contributed by atoms with van der Waals surface area (Å²) in [6, 6.07) is 5.03. The zero-order valence-electron chi connectivity index (χ0n) is 9.60. The molecule has 0 aliphatic heterocycles. The number of hydrogen-bond donors (Lipinski definition) is 2. The molecule has 2 rings (SSSR count). The highest BCUT2D eigenvalue weighted by atomic mass is 35.5. The molecule has 0 saturated heterocycles. The Hall–Kier alpha value is -1.92. The summed E-state index contributed by atoms with van der Waals surface area (Å²) in [6.07, 6.45) is 2.99. The lowest BCUT2D eigenvalue weighted by molar-refractivity contribution is -0.116. The second kappa shape index (κ2) is 6.31. The fourth-order valence-corrected chi connectivity index (χ4v) is 1.87. The van der Waals surface area contributed by atoms with E-state index in [1.165, 1.54) is 6.08 Å². The Morgan fingerprint density at radius 1 is 1.32 bits per heavy atom. The number of aromatic amines is 1. The number of benzene rings is 1. The molecule has 0 radical (unpaired) electrons. The average Bonchev–Trinajstić information content (AvgIpc) is 2.86. The van der Waals surface area contributed by atoms with Crippen molar-refractivity contribution in [2.75, 3.05) is 0 Å². The molecule has 6 nitrogen and oxygen atoms in total. The Kier molecular flexibility index (Phi) is 4.48. The van der Waals surface area contributed by atoms with Gasteiger partial charge in [0.2, 0.25) is 5.91 Å². The number of carbonyl (C=O) groups excluding carboxylic acids is 1. The number of aromatic nitrogens is 4. The lowest BCUT2D eigenvalue weighted by Gasteiger charge is -1.98. The van der Waals surface area contributed by atoms with Crippen molar-refractivity contribution >= 4 is 35.2 Å². The van der Waals surface area contributed by atoms with Crippen LogP contribution in [0.4, 0.5) is 0 Å². The van der Waals surface area contributed by atoms with Gasteiger partial charge in [-0.15, -0.1) is 10.2 Å². The lowest BCUT2D eigenvalue weighted by atomic mass is 10.2. The highest BCUT2D eigenvalue weighted by Gasteiger charge is 2.00. The first-order valence-corrected chi connectivity index (χ1v) is 6.03. The van der Waals surface area contributed by atoms with Gasteiger partial charge in [-0.25, -0.2) is 0 Å². The van der Waals surface area contributed by atoms with Gasteiger partial charge in [-0.2, -0.15) is 5.21 Å². The van der Waals surface area contributed by atoms with Crippen LogP contribution in [0.5, 0.6) is 0 Å². The maximum absolute atomic E-state index is 11.5. The van der Waals surface area contributed by atoms with Gasteiger partial charge in [0.1, 0.15) is 0 Å². The van der Waals surface area contributed by atoms with Crippen molar-refractivity contribution in [2.45, 2.75) is 6.54 Å². The molecule has 2 aromatic rings. The molecular weight excluding hydrogens is 289 g/mol. The van der Waals surface area contributed by atoms with Crippen LogP contribution in [0, 0.1) is 0 Å². The first-order valence-electron chi connectivity index (χ1n) is 5.28. The summed E-state index contributed by atoms with van der Waals surface area (Å²) in [7, 11) is 0. The van der Waals surface area contributed by atoms with Gasteiger partial charge in [0.15, 0.2) is 5.82 Å². The number of carbonyl (C=O) groups is 1. The second-order valence-electron chi connectivity index (χ2n) is 3.58. The van der Waals surface area contributed by atoms with Crippen LogP contribution in [0.15, 0.2) is 24.3 Å². The first-order chi connectivity index (χ1) is 9.13. The number of halogens is 2. The number of hydrogen-bond acceptors (Lipinski definition) is 4. The van der Waals surface area contributed by atoms with Crippen molar-refractivity contribution in [3.8, 4) is 0 Å². The number of nitrogens with zero attached hydrogens (tertiary/aromatic N) is 3. The van der Waals surface area contributed by atoms with Crippen molar-refractivity contribution < 1.29 is 4.79 Å². The van der Waals surface area contributed by atoms with E-state index >= 15 is 0 Å². The molecule has 2 N–H and O–H groups in total. The number of amides is 1. The minimum Gasteiger partial charge on any atom is -0.345 e. The number of rotatable bonds is 4. The largest absolute Gasteiger partial charge is 0.345 e. The Labute approximate surface area is 118 Å². The van der Waals surface area contributed by atoms with Gasteiger partial charge in [0.25, 0.3) is 0 Å². The Morgan fingerprint density at radius 3 is 2.68 bits per heavy atom. The molecule has 0 aliphatic rings. The van der Waals surface area contributed by atoms with Crippen molar-refractivity contribution in [2.24, 2.45) is 0 Å². The smallest absolute Gasteiger partial charge is 0.244 e. The van der Waals surface area contributed by atoms with Crippen molar-refractivity contribution in [1.29, 1.82) is 0 Å². The fourth-order valence-electron chi connectivity index (χ4n) is 1.33. The molecule has 98 valence electrons. The monoisotopic (exact) mass is 297 g/mol. The van der Waals surface area contributed by atoms with Crippen LogP contribution in [0.1, 0.15) is 11.4 Å². The van der Waals surface area contributed by atoms with Crippen molar-refractivity contribution in [3.63, 3.8) is 0 Å². The lowest BCUT2D eigenvalue weighted by Crippen LogP contribution is -2.20. The summed E-state index contributed by atoms with van der Waals surface area (Å²) < 4.78 is 0. The highest BCUT2D eigenvalue weighted by molar-refractivity contribution is 6.34. The Bertz CT molecular complexity index is 577. The summed E-state index contributed by atoms with van der Waals surface area (Å²) in [5.74, 6) is 0.133. The zero-order valence-corrected chi connectivity index (χ0v) is 11.1. The molecule has 0 saturated carbocycles. The summed E-state index contributed by atoms with van der Waals surface area (Å²) >= 11 is 11.7. The van der Waals surface area contributed by atoms with Crippen LogP contribution >= 0.6 is 23.2 Å². The molecule has 0 fully saturated rings. The van der Waals surface area contributed by atoms with E-state index in [1.54, 1.807) is 24.3 Å². The van der Waals surface area contributed by atoms with Gasteiger partial charge >= 0.3 is 0 Å². The maximum Gasteiger partial charge on any atom is 0.244 e. The summed E-state index contributed by atoms with van der Waals surface area (Å²) in [4.78, 5) is 11.5. The van der Waals surface area contributed by atoms with Crippen LogP contribution in [-0.2, 0) is 11.3 Å². The first kappa shape index (κ1) is 13.5. The summed E-state index contributed by atoms with van der Waals surface area (Å²) in [5, 5.41) is 16.7. The van der Waals surface area contributed by atoms with E-state index in [1.807, 2.05) is 0 Å². The molecule has 0 aliphatic carbocycles. The third kappa shape index (κ3) is 4.35. The molecule has 19 heavy (non-hydrogen) atoms. The molecule has 8 heteroatoms. The molecule has 0 spiro atoms. The van der Waals surface area contributed by atoms with E-state index in [0.29, 0.717) is 15.9 Å². The van der Waals surface area contributed by atoms with Crippen LogP contribution in [-0.4, -0.2) is 26.5 Å². The van der Waals surface area contributed by atoms with E-state index < -0.39 is 0 Å². The number of tetrazole rings is 1. The minimum absolute atomic E-state index is 0.204. The molecule has 0 atom stereocenters. The van der Waals surface area contributed by atoms with Crippen LogP contribution in [0.25, 0.3) is 6.08 Å². The van der Waals surface area contributed by atoms with E-state index in [-0.39, 0.29) is 12.5 Å². The van der Waals surface area contributed by atoms with Gasteiger partial charge in [-0.3, -0.25) is 4.79 Å². The van der Waals surface area contributed by atoms with Gasteiger partial charge in [-0.05, 0) is 29.8 Å². The van der Waals surface area contributed by atoms with E-state index in [2.05, 4.69) is 25.9 Å². The third-order valence-electron chi connectivity index (χ3n) is 2.12. The van der Waals surface area contributed by atoms with E-state index in [9.17, 15) is 4.79 Å². The molecule has 1 amide bonds. The molecule has 1 heterocycles. The van der Waals surface area contributed by atoms with E-state index in [4.69, 9.17) is 23.2 Å². The summed E-state index contributed by atoms with van der Waals surface area (Å²) in [6.45, 7) is 0.204. The van der Waals surface area contributed by atoms with Crippen LogP contribution in [0.2, 0.25) is 10.0 Å². The minimum atomic E-state index is -0.277. The average molecular weight is 298 g/mol. The highest BCUT2D eigenvalue weighted by Crippen LogP contribution is 2.19. The molecule has 0 unspecified atom stereocenters. The SMILES string of the molecule is O=C(C=Cc1cc(Cl)cc(Cl)c1)NCc1nn[nH]n1. The number of H-pyrrole nitrogens is 1.